The first-order chi connectivity index (χ1) is 9.13. The molecule has 6 heteroatoms. The smallest absolute Gasteiger partial charge is 0.322 e. The van der Waals surface area contributed by atoms with Gasteiger partial charge in [-0.05, 0) is 30.7 Å². The Hall–Kier alpha value is -1.75. The molecule has 0 aliphatic carbocycles. The van der Waals surface area contributed by atoms with Crippen LogP contribution in [-0.2, 0) is 4.79 Å². The topological polar surface area (TPSA) is 61.4 Å². The van der Waals surface area contributed by atoms with Crippen molar-refractivity contribution < 1.29 is 9.59 Å². The van der Waals surface area contributed by atoms with Crippen molar-refractivity contribution in [1.29, 1.82) is 0 Å². The van der Waals surface area contributed by atoms with Crippen LogP contribution in [0, 0.1) is 0 Å². The molecule has 0 aromatic heterocycles. The number of urea groups is 1. The van der Waals surface area contributed by atoms with Gasteiger partial charge in [0.15, 0.2) is 0 Å². The quantitative estimate of drug-likeness (QED) is 0.824. The van der Waals surface area contributed by atoms with Gasteiger partial charge in [-0.2, -0.15) is 0 Å². The summed E-state index contributed by atoms with van der Waals surface area (Å²) in [4.78, 5) is 25.3. The van der Waals surface area contributed by atoms with Crippen LogP contribution in [0.2, 0.25) is 5.02 Å². The van der Waals surface area contributed by atoms with E-state index in [1.165, 1.54) is 0 Å². The number of carbonyl (C=O) groups excluding carboxylic acids is 2. The lowest BCUT2D eigenvalue weighted by atomic mass is 10.1. The second kappa shape index (κ2) is 4.74. The standard InChI is InChI=1S/C13H14ClN3O2/c14-8-1-3-9(4-2-8)15-13(19)17-6-5-10-11(17)7-12(18)16-10/h1-4,10-11H,5-7H2,(H,15,19)(H,16,18)/t10-,11+/m0/s1. The number of nitrogens with one attached hydrogen (secondary N) is 2. The molecule has 2 N–H and O–H groups in total. The summed E-state index contributed by atoms with van der Waals surface area (Å²) in [6.07, 6.45) is 1.23. The number of nitrogens with zero attached hydrogens (tertiary/aromatic N) is 1. The Morgan fingerprint density at radius 2 is 2.11 bits per heavy atom. The van der Waals surface area contributed by atoms with E-state index >= 15 is 0 Å². The molecule has 1 aromatic rings. The molecule has 2 saturated heterocycles. The van der Waals surface area contributed by atoms with Crippen LogP contribution in [0.15, 0.2) is 24.3 Å². The molecule has 2 aliphatic heterocycles. The van der Waals surface area contributed by atoms with Gasteiger partial charge in [0, 0.05) is 23.7 Å². The monoisotopic (exact) mass is 279 g/mol. The first-order valence-corrected chi connectivity index (χ1v) is 6.64. The second-order valence-electron chi connectivity index (χ2n) is 4.86. The van der Waals surface area contributed by atoms with Gasteiger partial charge in [-0.1, -0.05) is 11.6 Å². The Bertz CT molecular complexity index is 517. The van der Waals surface area contributed by atoms with Crippen LogP contribution in [0.3, 0.4) is 0 Å². The number of rotatable bonds is 1. The molecular formula is C13H14ClN3O2. The first-order valence-electron chi connectivity index (χ1n) is 6.26. The Balaban J connectivity index is 1.67. The average Bonchev–Trinajstić information content (AvgIpc) is 2.90. The maximum Gasteiger partial charge on any atom is 0.322 e. The van der Waals surface area contributed by atoms with E-state index in [0.29, 0.717) is 23.7 Å². The summed E-state index contributed by atoms with van der Waals surface area (Å²) >= 11 is 5.80. The van der Waals surface area contributed by atoms with Crippen LogP contribution >= 0.6 is 11.6 Å². The second-order valence-corrected chi connectivity index (χ2v) is 5.30. The van der Waals surface area contributed by atoms with Gasteiger partial charge in [0.25, 0.3) is 0 Å². The summed E-state index contributed by atoms with van der Waals surface area (Å²) in [7, 11) is 0. The van der Waals surface area contributed by atoms with Gasteiger partial charge in [0.1, 0.15) is 0 Å². The highest BCUT2D eigenvalue weighted by molar-refractivity contribution is 6.30. The Kier molecular flexibility index (Phi) is 3.06. The van der Waals surface area contributed by atoms with E-state index in [1.54, 1.807) is 29.2 Å². The lowest BCUT2D eigenvalue weighted by molar-refractivity contribution is -0.119. The lowest BCUT2D eigenvalue weighted by Crippen LogP contribution is -2.41. The van der Waals surface area contributed by atoms with Crippen molar-refractivity contribution >= 4 is 29.2 Å². The molecule has 3 rings (SSSR count). The number of likely N-dealkylation sites (tertiary alicyclic amines) is 1. The number of anilines is 1. The zero-order chi connectivity index (χ0) is 13.4. The lowest BCUT2D eigenvalue weighted by Gasteiger charge is -2.23. The molecule has 1 aromatic carbocycles. The largest absolute Gasteiger partial charge is 0.351 e. The molecule has 2 atom stereocenters. The minimum absolute atomic E-state index is 0.0141. The number of fused-ring (bicyclic) bond motifs is 1. The molecule has 5 nitrogen and oxygen atoms in total. The van der Waals surface area contributed by atoms with Crippen LogP contribution in [0.1, 0.15) is 12.8 Å². The van der Waals surface area contributed by atoms with Crippen molar-refractivity contribution in [3.8, 4) is 0 Å². The third-order valence-corrected chi connectivity index (χ3v) is 3.90. The van der Waals surface area contributed by atoms with Crippen LogP contribution in [-0.4, -0.2) is 35.5 Å². The number of carbonyl (C=O) groups is 2. The SMILES string of the molecule is O=C1C[C@@H]2[C@H](CCN2C(=O)Nc2ccc(Cl)cc2)N1. The molecule has 2 heterocycles. The van der Waals surface area contributed by atoms with Gasteiger partial charge in [0.2, 0.25) is 5.91 Å². The van der Waals surface area contributed by atoms with Crippen molar-refractivity contribution in [2.24, 2.45) is 0 Å². The number of hydrogen-bond donors (Lipinski definition) is 2. The van der Waals surface area contributed by atoms with E-state index in [0.717, 1.165) is 6.42 Å². The summed E-state index contributed by atoms with van der Waals surface area (Å²) in [5, 5.41) is 6.35. The Morgan fingerprint density at radius 3 is 2.84 bits per heavy atom. The van der Waals surface area contributed by atoms with E-state index in [-0.39, 0.29) is 24.0 Å². The number of benzene rings is 1. The van der Waals surface area contributed by atoms with Crippen molar-refractivity contribution in [1.82, 2.24) is 10.2 Å². The minimum Gasteiger partial charge on any atom is -0.351 e. The van der Waals surface area contributed by atoms with Crippen LogP contribution in [0.4, 0.5) is 10.5 Å². The van der Waals surface area contributed by atoms with E-state index < -0.39 is 0 Å². The van der Waals surface area contributed by atoms with Crippen molar-refractivity contribution in [3.05, 3.63) is 29.3 Å². The Morgan fingerprint density at radius 1 is 1.37 bits per heavy atom. The number of hydrogen-bond acceptors (Lipinski definition) is 2. The highest BCUT2D eigenvalue weighted by atomic mass is 35.5. The van der Waals surface area contributed by atoms with E-state index in [2.05, 4.69) is 10.6 Å². The average molecular weight is 280 g/mol. The van der Waals surface area contributed by atoms with Gasteiger partial charge < -0.3 is 15.5 Å². The van der Waals surface area contributed by atoms with E-state index in [9.17, 15) is 9.59 Å². The third kappa shape index (κ3) is 2.38. The molecule has 0 radical (unpaired) electrons. The third-order valence-electron chi connectivity index (χ3n) is 3.64. The van der Waals surface area contributed by atoms with Crippen molar-refractivity contribution in [3.63, 3.8) is 0 Å². The van der Waals surface area contributed by atoms with E-state index in [4.69, 9.17) is 11.6 Å². The summed E-state index contributed by atoms with van der Waals surface area (Å²) in [6.45, 7) is 0.676. The van der Waals surface area contributed by atoms with Gasteiger partial charge in [0.05, 0.1) is 12.1 Å². The fourth-order valence-electron chi connectivity index (χ4n) is 2.71. The molecular weight excluding hydrogens is 266 g/mol. The molecule has 2 aliphatic rings. The van der Waals surface area contributed by atoms with Crippen LogP contribution in [0.25, 0.3) is 0 Å². The van der Waals surface area contributed by atoms with Crippen molar-refractivity contribution in [2.75, 3.05) is 11.9 Å². The van der Waals surface area contributed by atoms with Crippen LogP contribution in [0.5, 0.6) is 0 Å². The molecule has 3 amide bonds. The predicted molar refractivity (Wildman–Crippen MR) is 72.1 cm³/mol. The van der Waals surface area contributed by atoms with Gasteiger partial charge in [-0.3, -0.25) is 4.79 Å². The fraction of sp³-hybridized carbons (Fsp3) is 0.385. The summed E-state index contributed by atoms with van der Waals surface area (Å²) in [5.41, 5.74) is 0.704. The van der Waals surface area contributed by atoms with Gasteiger partial charge in [-0.25, -0.2) is 4.79 Å². The molecule has 2 fully saturated rings. The summed E-state index contributed by atoms with van der Waals surface area (Å²) in [6, 6.07) is 6.90. The molecule has 19 heavy (non-hydrogen) atoms. The maximum absolute atomic E-state index is 12.2. The normalized spacial score (nSPS) is 25.1. The highest BCUT2D eigenvalue weighted by Crippen LogP contribution is 2.26. The molecule has 0 saturated carbocycles. The number of halogens is 1. The summed E-state index contributed by atoms with van der Waals surface area (Å²) < 4.78 is 0. The van der Waals surface area contributed by atoms with E-state index in [1.807, 2.05) is 0 Å². The predicted octanol–water partition coefficient (Wildman–Crippen LogP) is 1.83. The number of amides is 3. The maximum atomic E-state index is 12.2. The molecule has 0 bridgehead atoms. The van der Waals surface area contributed by atoms with Crippen LogP contribution < -0.4 is 10.6 Å². The molecule has 0 unspecified atom stereocenters. The van der Waals surface area contributed by atoms with Crippen molar-refractivity contribution in [2.45, 2.75) is 24.9 Å². The highest BCUT2D eigenvalue weighted by Gasteiger charge is 2.43. The molecule has 0 spiro atoms. The zero-order valence-corrected chi connectivity index (χ0v) is 11.0. The molecule has 100 valence electrons. The first kappa shape index (κ1) is 12.3. The Labute approximate surface area is 115 Å². The fourth-order valence-corrected chi connectivity index (χ4v) is 2.84. The zero-order valence-electron chi connectivity index (χ0n) is 10.2. The minimum atomic E-state index is -0.161. The van der Waals surface area contributed by atoms with Gasteiger partial charge >= 0.3 is 6.03 Å². The summed E-state index contributed by atoms with van der Waals surface area (Å²) in [5.74, 6) is 0.0268. The van der Waals surface area contributed by atoms with Gasteiger partial charge in [-0.15, -0.1) is 0 Å².